The molecule has 1 aliphatic heterocycles. The maximum Gasteiger partial charge on any atom is 0.592 e. The van der Waals surface area contributed by atoms with Crippen LogP contribution in [-0.2, 0) is 42.1 Å². The summed E-state index contributed by atoms with van der Waals surface area (Å²) in [5.41, 5.74) is 9.28. The molecule has 0 aromatic carbocycles. The van der Waals surface area contributed by atoms with E-state index < -0.39 is 68.5 Å². The quantitative estimate of drug-likeness (QED) is 0.164. The van der Waals surface area contributed by atoms with Gasteiger partial charge in [0.05, 0.1) is 18.8 Å². The van der Waals surface area contributed by atoms with E-state index in [0.717, 1.165) is 76.5 Å². The molecule has 0 amide bonds. The number of nitrogens with two attached hydrogens (primary N) is 1. The number of hydrogen-bond donors (Lipinski definition) is 4. The minimum atomic E-state index is -5.20. The second kappa shape index (κ2) is 16.0. The van der Waals surface area contributed by atoms with Crippen LogP contribution in [0.15, 0.2) is 17.1 Å². The van der Waals surface area contributed by atoms with Crippen LogP contribution >= 0.6 is 7.82 Å². The van der Waals surface area contributed by atoms with Gasteiger partial charge in [-0.05, 0) is 45.6 Å². The number of hydroxylamine groups is 2. The van der Waals surface area contributed by atoms with Gasteiger partial charge < -0.3 is 24.6 Å². The normalized spacial score (nSPS) is 25.5. The van der Waals surface area contributed by atoms with Crippen molar-refractivity contribution in [2.45, 2.75) is 127 Å². The molecule has 2 saturated carbocycles. The standard InChI is InChI=1S/C27H42F2N5O11P/c1-16(32-42-18-9-5-3-6-10-18)23(36)44-46(39,45-24(37)17(2)33-43-19-11-7-4-8-12-19)40-15-20-22(35)27(28,29)25(41-20)34-14-13-21(30)31-26(34)38/h13-14,16-20,22,25,32-33,35H,3-12,15H2,1-2H3,(H2,30,31,38)/t16-,17-,20+,22+,25+/m0/s1. The lowest BCUT2D eigenvalue weighted by atomic mass is 9.98. The van der Waals surface area contributed by atoms with Crippen LogP contribution in [0.2, 0.25) is 0 Å². The molecule has 3 fully saturated rings. The van der Waals surface area contributed by atoms with Gasteiger partial charge in [-0.15, -0.1) is 0 Å². The molecule has 0 spiro atoms. The molecule has 260 valence electrons. The Balaban J connectivity index is 1.43. The molecular formula is C27H42F2N5O11P. The summed E-state index contributed by atoms with van der Waals surface area (Å²) >= 11 is 0. The number of rotatable bonds is 14. The van der Waals surface area contributed by atoms with Crippen molar-refractivity contribution in [1.29, 1.82) is 0 Å². The zero-order chi connectivity index (χ0) is 33.5. The van der Waals surface area contributed by atoms with Crippen molar-refractivity contribution >= 4 is 25.6 Å². The van der Waals surface area contributed by atoms with Gasteiger partial charge in [-0.3, -0.25) is 18.8 Å². The third kappa shape index (κ3) is 9.50. The predicted molar refractivity (Wildman–Crippen MR) is 155 cm³/mol. The number of phosphoric acid groups is 1. The average molecular weight is 682 g/mol. The highest BCUT2D eigenvalue weighted by Gasteiger charge is 2.60. The number of nitrogen functional groups attached to an aromatic ring is 1. The number of nitrogens with zero attached hydrogens (tertiary/aromatic N) is 2. The number of hydrogen-bond acceptors (Lipinski definition) is 15. The van der Waals surface area contributed by atoms with Gasteiger partial charge in [-0.2, -0.15) is 24.7 Å². The van der Waals surface area contributed by atoms with Crippen molar-refractivity contribution in [3.8, 4) is 0 Å². The summed E-state index contributed by atoms with van der Waals surface area (Å²) in [6.45, 7) is 1.57. The summed E-state index contributed by atoms with van der Waals surface area (Å²) in [6, 6.07) is -1.35. The fourth-order valence-corrected chi connectivity index (χ4v) is 6.41. The molecule has 3 aliphatic rings. The molecule has 0 radical (unpaired) electrons. The van der Waals surface area contributed by atoms with E-state index >= 15 is 8.78 Å². The molecule has 19 heteroatoms. The van der Waals surface area contributed by atoms with E-state index in [-0.39, 0.29) is 18.0 Å². The largest absolute Gasteiger partial charge is 0.592 e. The van der Waals surface area contributed by atoms with Crippen LogP contribution in [0.4, 0.5) is 14.6 Å². The number of ether oxygens (including phenoxy) is 1. The number of halogens is 2. The Labute approximate surface area is 264 Å². The molecule has 2 aliphatic carbocycles. The topological polar surface area (TPSA) is 212 Å². The molecule has 1 aromatic rings. The number of phosphoric ester groups is 1. The van der Waals surface area contributed by atoms with Gasteiger partial charge in [0.25, 0.3) is 0 Å². The number of nitrogens with one attached hydrogen (secondary N) is 2. The minimum absolute atomic E-state index is 0.152. The van der Waals surface area contributed by atoms with E-state index in [1.54, 1.807) is 0 Å². The zero-order valence-corrected chi connectivity index (χ0v) is 26.6. The van der Waals surface area contributed by atoms with Crippen molar-refractivity contribution in [2.24, 2.45) is 0 Å². The van der Waals surface area contributed by atoms with Crippen LogP contribution in [0.3, 0.4) is 0 Å². The van der Waals surface area contributed by atoms with Crippen LogP contribution in [0, 0.1) is 0 Å². The minimum Gasteiger partial charge on any atom is -0.384 e. The summed E-state index contributed by atoms with van der Waals surface area (Å²) in [5, 5.41) is 10.3. The summed E-state index contributed by atoms with van der Waals surface area (Å²) in [7, 11) is -5.20. The van der Waals surface area contributed by atoms with E-state index in [9.17, 15) is 24.1 Å². The van der Waals surface area contributed by atoms with Crippen molar-refractivity contribution in [1.82, 2.24) is 20.5 Å². The van der Waals surface area contributed by atoms with Gasteiger partial charge >= 0.3 is 31.4 Å². The highest BCUT2D eigenvalue weighted by Crippen LogP contribution is 2.52. The van der Waals surface area contributed by atoms with Crippen LogP contribution in [0.25, 0.3) is 0 Å². The third-order valence-corrected chi connectivity index (χ3v) is 9.19. The lowest BCUT2D eigenvalue weighted by molar-refractivity contribution is -0.150. The SMILES string of the molecule is C[C@H](NOC1CCCCC1)C(=O)OP(=O)(OC[C@H]1O[C@@H](n2ccc(N)nc2=O)C(F)(F)[C@@H]1O)OC(=O)[C@H](C)NOC1CCCCC1. The number of anilines is 1. The Kier molecular flexibility index (Phi) is 12.6. The zero-order valence-electron chi connectivity index (χ0n) is 25.7. The van der Waals surface area contributed by atoms with Gasteiger partial charge in [0.2, 0.25) is 6.23 Å². The Bertz CT molecular complexity index is 1250. The van der Waals surface area contributed by atoms with Gasteiger partial charge in [0.15, 0.2) is 6.10 Å². The summed E-state index contributed by atoms with van der Waals surface area (Å²) in [4.78, 5) is 52.4. The second-order valence-electron chi connectivity index (χ2n) is 11.7. The lowest BCUT2D eigenvalue weighted by Crippen LogP contribution is -2.42. The molecule has 46 heavy (non-hydrogen) atoms. The van der Waals surface area contributed by atoms with Crippen molar-refractivity contribution < 1.29 is 56.0 Å². The lowest BCUT2D eigenvalue weighted by Gasteiger charge is -2.26. The maximum atomic E-state index is 15.0. The number of carbonyl (C=O) groups excluding carboxylic acids is 2. The van der Waals surface area contributed by atoms with Gasteiger partial charge in [0.1, 0.15) is 24.0 Å². The van der Waals surface area contributed by atoms with Crippen molar-refractivity contribution in [2.75, 3.05) is 12.3 Å². The number of carbonyl (C=O) groups is 2. The van der Waals surface area contributed by atoms with Crippen molar-refractivity contribution in [3.63, 3.8) is 0 Å². The molecule has 5 atom stereocenters. The fourth-order valence-electron chi connectivity index (χ4n) is 5.18. The first-order valence-electron chi connectivity index (χ1n) is 15.4. The summed E-state index contributed by atoms with van der Waals surface area (Å²) in [6.07, 6.45) is 2.81. The van der Waals surface area contributed by atoms with Crippen LogP contribution in [0.5, 0.6) is 0 Å². The van der Waals surface area contributed by atoms with Gasteiger partial charge in [-0.25, -0.2) is 18.9 Å². The molecule has 0 unspecified atom stereocenters. The van der Waals surface area contributed by atoms with E-state index in [4.69, 9.17) is 33.7 Å². The van der Waals surface area contributed by atoms with E-state index in [0.29, 0.717) is 4.57 Å². The average Bonchev–Trinajstić information content (AvgIpc) is 3.25. The first-order chi connectivity index (χ1) is 21.8. The first kappa shape index (κ1) is 36.3. The third-order valence-electron chi connectivity index (χ3n) is 7.92. The number of aromatic nitrogens is 2. The van der Waals surface area contributed by atoms with E-state index in [2.05, 4.69) is 15.9 Å². The molecule has 16 nitrogen and oxygen atoms in total. The molecule has 2 heterocycles. The van der Waals surface area contributed by atoms with Gasteiger partial charge in [0, 0.05) is 6.20 Å². The first-order valence-corrected chi connectivity index (χ1v) is 16.8. The number of aliphatic hydroxyl groups excluding tert-OH is 1. The molecule has 1 aromatic heterocycles. The van der Waals surface area contributed by atoms with Crippen LogP contribution in [0.1, 0.15) is 84.3 Å². The molecular weight excluding hydrogens is 639 g/mol. The second-order valence-corrected chi connectivity index (χ2v) is 13.2. The van der Waals surface area contributed by atoms with Crippen molar-refractivity contribution in [3.05, 3.63) is 22.7 Å². The van der Waals surface area contributed by atoms with Crippen LogP contribution < -0.4 is 22.4 Å². The highest BCUT2D eigenvalue weighted by atomic mass is 31.2. The summed E-state index contributed by atoms with van der Waals surface area (Å²) in [5.74, 6) is -6.70. The molecule has 0 bridgehead atoms. The monoisotopic (exact) mass is 681 g/mol. The van der Waals surface area contributed by atoms with E-state index in [1.807, 2.05) is 0 Å². The van der Waals surface area contributed by atoms with E-state index in [1.165, 1.54) is 13.8 Å². The summed E-state index contributed by atoms with van der Waals surface area (Å²) < 4.78 is 64.4. The molecule has 5 N–H and O–H groups in total. The number of alkyl halides is 2. The maximum absolute atomic E-state index is 15.0. The molecule has 4 rings (SSSR count). The smallest absolute Gasteiger partial charge is 0.384 e. The van der Waals surface area contributed by atoms with Crippen LogP contribution in [-0.4, -0.2) is 75.6 Å². The Morgan fingerprint density at radius 3 is 2.02 bits per heavy atom. The Morgan fingerprint density at radius 2 is 1.54 bits per heavy atom. The Morgan fingerprint density at radius 1 is 1.04 bits per heavy atom. The fraction of sp³-hybridized carbons (Fsp3) is 0.778. The van der Waals surface area contributed by atoms with Gasteiger partial charge in [-0.1, -0.05) is 38.5 Å². The highest BCUT2D eigenvalue weighted by molar-refractivity contribution is 7.49. The number of aliphatic hydroxyl groups is 1. The molecule has 1 saturated heterocycles. The predicted octanol–water partition coefficient (Wildman–Crippen LogP) is 2.42. The Hall–Kier alpha value is -2.57.